The second-order valence-corrected chi connectivity index (χ2v) is 4.30. The van der Waals surface area contributed by atoms with E-state index < -0.39 is 6.10 Å². The van der Waals surface area contributed by atoms with E-state index in [0.717, 1.165) is 19.4 Å². The summed E-state index contributed by atoms with van der Waals surface area (Å²) in [6.07, 6.45) is 4.13. The molecule has 0 radical (unpaired) electrons. The minimum Gasteiger partial charge on any atom is -0.395 e. The third kappa shape index (κ3) is 3.73. The minimum atomic E-state index is -0.469. The fraction of sp³-hybridized carbons (Fsp3) is 1.00. The molecule has 84 valence electrons. The van der Waals surface area contributed by atoms with Crippen LogP contribution in [0.4, 0.5) is 0 Å². The number of rotatable bonds is 4. The van der Waals surface area contributed by atoms with E-state index in [1.165, 1.54) is 12.8 Å². The standard InChI is InChI=1S/C10H20ClNO2/c11-6-10(14)7-12-5-3-1-2-4-9(12)8-13/h9-10,13-14H,1-8H2. The van der Waals surface area contributed by atoms with Crippen LogP contribution in [0.3, 0.4) is 0 Å². The molecule has 1 aliphatic rings. The van der Waals surface area contributed by atoms with Gasteiger partial charge in [0.15, 0.2) is 0 Å². The summed E-state index contributed by atoms with van der Waals surface area (Å²) in [5.74, 6) is 0.272. The maximum absolute atomic E-state index is 9.46. The number of aliphatic hydroxyl groups excluding tert-OH is 2. The molecule has 3 nitrogen and oxygen atoms in total. The Hall–Kier alpha value is 0.170. The Labute approximate surface area is 90.7 Å². The average Bonchev–Trinajstić information content (AvgIpc) is 2.42. The van der Waals surface area contributed by atoms with Gasteiger partial charge in [-0.3, -0.25) is 4.90 Å². The normalized spacial score (nSPS) is 27.2. The fourth-order valence-electron chi connectivity index (χ4n) is 2.00. The monoisotopic (exact) mass is 221 g/mol. The Bertz CT molecular complexity index is 157. The average molecular weight is 222 g/mol. The van der Waals surface area contributed by atoms with Crippen molar-refractivity contribution in [2.24, 2.45) is 0 Å². The van der Waals surface area contributed by atoms with Crippen molar-refractivity contribution < 1.29 is 10.2 Å². The molecule has 1 saturated heterocycles. The highest BCUT2D eigenvalue weighted by Gasteiger charge is 2.21. The predicted molar refractivity (Wildman–Crippen MR) is 57.6 cm³/mol. The van der Waals surface area contributed by atoms with Crippen molar-refractivity contribution in [2.75, 3.05) is 25.6 Å². The molecule has 0 aliphatic carbocycles. The van der Waals surface area contributed by atoms with Gasteiger partial charge in [0, 0.05) is 18.5 Å². The molecule has 1 aliphatic heterocycles. The smallest absolute Gasteiger partial charge is 0.0802 e. The highest BCUT2D eigenvalue weighted by Crippen LogP contribution is 2.16. The van der Waals surface area contributed by atoms with Gasteiger partial charge in [0.1, 0.15) is 0 Å². The number of alkyl halides is 1. The van der Waals surface area contributed by atoms with Crippen LogP contribution in [-0.2, 0) is 0 Å². The zero-order valence-corrected chi connectivity index (χ0v) is 9.29. The van der Waals surface area contributed by atoms with Gasteiger partial charge in [-0.2, -0.15) is 0 Å². The van der Waals surface area contributed by atoms with E-state index in [1.807, 2.05) is 0 Å². The van der Waals surface area contributed by atoms with Crippen LogP contribution in [0.25, 0.3) is 0 Å². The first kappa shape index (κ1) is 12.2. The summed E-state index contributed by atoms with van der Waals surface area (Å²) in [6, 6.07) is 0.218. The molecule has 1 fully saturated rings. The molecule has 0 aromatic heterocycles. The Morgan fingerprint density at radius 1 is 1.36 bits per heavy atom. The lowest BCUT2D eigenvalue weighted by molar-refractivity contribution is 0.0732. The highest BCUT2D eigenvalue weighted by molar-refractivity contribution is 6.18. The van der Waals surface area contributed by atoms with Gasteiger partial charge in [0.2, 0.25) is 0 Å². The quantitative estimate of drug-likeness (QED) is 0.691. The Kier molecular flexibility index (Phi) is 5.78. The number of likely N-dealkylation sites (tertiary alicyclic amines) is 1. The maximum Gasteiger partial charge on any atom is 0.0802 e. The van der Waals surface area contributed by atoms with Crippen molar-refractivity contribution in [3.63, 3.8) is 0 Å². The summed E-state index contributed by atoms with van der Waals surface area (Å²) in [6.45, 7) is 1.75. The molecular formula is C10H20ClNO2. The lowest BCUT2D eigenvalue weighted by Gasteiger charge is -2.29. The summed E-state index contributed by atoms with van der Waals surface area (Å²) in [5.41, 5.74) is 0. The minimum absolute atomic E-state index is 0.189. The van der Waals surface area contributed by atoms with Gasteiger partial charge < -0.3 is 10.2 Å². The second kappa shape index (κ2) is 6.62. The van der Waals surface area contributed by atoms with Crippen molar-refractivity contribution in [1.29, 1.82) is 0 Å². The number of hydrogen-bond acceptors (Lipinski definition) is 3. The third-order valence-corrected chi connectivity index (χ3v) is 3.19. The molecule has 0 spiro atoms. The largest absolute Gasteiger partial charge is 0.395 e. The topological polar surface area (TPSA) is 43.7 Å². The van der Waals surface area contributed by atoms with Crippen molar-refractivity contribution in [3.8, 4) is 0 Å². The second-order valence-electron chi connectivity index (χ2n) is 3.99. The molecule has 14 heavy (non-hydrogen) atoms. The van der Waals surface area contributed by atoms with Crippen LogP contribution in [0.2, 0.25) is 0 Å². The SMILES string of the molecule is OCC1CCCCCN1CC(O)CCl. The van der Waals surface area contributed by atoms with E-state index in [-0.39, 0.29) is 18.5 Å². The lowest BCUT2D eigenvalue weighted by atomic mass is 10.1. The molecule has 0 bridgehead atoms. The summed E-state index contributed by atoms with van der Waals surface area (Å²) >= 11 is 5.56. The molecule has 2 N–H and O–H groups in total. The van der Waals surface area contributed by atoms with E-state index in [1.54, 1.807) is 0 Å². The van der Waals surface area contributed by atoms with Crippen LogP contribution >= 0.6 is 11.6 Å². The van der Waals surface area contributed by atoms with Crippen LogP contribution in [0.1, 0.15) is 25.7 Å². The third-order valence-electron chi connectivity index (χ3n) is 2.83. The summed E-state index contributed by atoms with van der Waals surface area (Å²) in [5, 5.41) is 18.7. The molecule has 0 aromatic rings. The first-order chi connectivity index (χ1) is 6.77. The van der Waals surface area contributed by atoms with Gasteiger partial charge in [-0.1, -0.05) is 12.8 Å². The molecule has 2 unspecified atom stereocenters. The van der Waals surface area contributed by atoms with Crippen LogP contribution in [0.15, 0.2) is 0 Å². The van der Waals surface area contributed by atoms with Gasteiger partial charge in [-0.05, 0) is 19.4 Å². The van der Waals surface area contributed by atoms with E-state index in [0.29, 0.717) is 6.54 Å². The van der Waals surface area contributed by atoms with Crippen LogP contribution in [-0.4, -0.2) is 52.8 Å². The number of aliphatic hydroxyl groups is 2. The summed E-state index contributed by atoms with van der Waals surface area (Å²) in [4.78, 5) is 2.17. The van der Waals surface area contributed by atoms with Crippen LogP contribution in [0.5, 0.6) is 0 Å². The van der Waals surface area contributed by atoms with E-state index in [9.17, 15) is 10.2 Å². The van der Waals surface area contributed by atoms with E-state index in [4.69, 9.17) is 11.6 Å². The zero-order valence-electron chi connectivity index (χ0n) is 8.53. The van der Waals surface area contributed by atoms with Crippen LogP contribution in [0, 0.1) is 0 Å². The Balaban J connectivity index is 2.43. The van der Waals surface area contributed by atoms with Crippen LogP contribution < -0.4 is 0 Å². The maximum atomic E-state index is 9.46. The summed E-state index contributed by atoms with van der Waals surface area (Å²) in [7, 11) is 0. The first-order valence-corrected chi connectivity index (χ1v) is 5.90. The van der Waals surface area contributed by atoms with Gasteiger partial charge in [0.05, 0.1) is 12.7 Å². The molecular weight excluding hydrogens is 202 g/mol. The number of hydrogen-bond donors (Lipinski definition) is 2. The zero-order chi connectivity index (χ0) is 10.4. The van der Waals surface area contributed by atoms with E-state index >= 15 is 0 Å². The molecule has 0 amide bonds. The Morgan fingerprint density at radius 3 is 2.79 bits per heavy atom. The lowest BCUT2D eigenvalue weighted by Crippen LogP contribution is -2.42. The highest BCUT2D eigenvalue weighted by atomic mass is 35.5. The number of halogens is 1. The predicted octanol–water partition coefficient (Wildman–Crippen LogP) is 0.823. The van der Waals surface area contributed by atoms with Gasteiger partial charge in [-0.15, -0.1) is 11.6 Å². The summed E-state index contributed by atoms with van der Waals surface area (Å²) < 4.78 is 0. The number of nitrogens with zero attached hydrogens (tertiary/aromatic N) is 1. The van der Waals surface area contributed by atoms with E-state index in [2.05, 4.69) is 4.90 Å². The number of β-amino-alcohol motifs (C(OH)–C–C–N with tert-alkyl or cyclic N) is 1. The van der Waals surface area contributed by atoms with Crippen molar-refractivity contribution in [1.82, 2.24) is 4.90 Å². The van der Waals surface area contributed by atoms with Crippen molar-refractivity contribution in [2.45, 2.75) is 37.8 Å². The molecule has 1 heterocycles. The van der Waals surface area contributed by atoms with Crippen molar-refractivity contribution in [3.05, 3.63) is 0 Å². The molecule has 2 atom stereocenters. The Morgan fingerprint density at radius 2 is 2.14 bits per heavy atom. The molecule has 0 saturated carbocycles. The fourth-order valence-corrected chi connectivity index (χ4v) is 2.10. The van der Waals surface area contributed by atoms with Gasteiger partial charge in [0.25, 0.3) is 0 Å². The molecule has 4 heteroatoms. The molecule has 0 aromatic carbocycles. The van der Waals surface area contributed by atoms with Gasteiger partial charge >= 0.3 is 0 Å². The molecule has 1 rings (SSSR count). The van der Waals surface area contributed by atoms with Gasteiger partial charge in [-0.25, -0.2) is 0 Å². The first-order valence-electron chi connectivity index (χ1n) is 5.37. The van der Waals surface area contributed by atoms with Crippen molar-refractivity contribution >= 4 is 11.6 Å².